The Kier molecular flexibility index (Phi) is 6.47. The van der Waals surface area contributed by atoms with Crippen molar-refractivity contribution in [3.05, 3.63) is 48.8 Å². The Bertz CT molecular complexity index is 1340. The number of aliphatic hydroxyl groups is 3. The molecule has 4 aromatic rings. The second-order valence-electron chi connectivity index (χ2n) is 9.44. The van der Waals surface area contributed by atoms with E-state index in [4.69, 9.17) is 14.7 Å². The van der Waals surface area contributed by atoms with Crippen LogP contribution in [0.4, 0.5) is 17.5 Å². The smallest absolute Gasteiger partial charge is 0.367 e. The van der Waals surface area contributed by atoms with Gasteiger partial charge in [0.2, 0.25) is 5.95 Å². The molecular weight excluding hydrogens is 480 g/mol. The number of aliphatic hydroxyl groups excluding tert-OH is 2. The van der Waals surface area contributed by atoms with Gasteiger partial charge < -0.3 is 30.7 Å². The molecule has 0 aliphatic heterocycles. The second-order valence-corrected chi connectivity index (χ2v) is 10.5. The molecule has 0 spiro atoms. The van der Waals surface area contributed by atoms with Crippen LogP contribution in [0.3, 0.4) is 0 Å². The molecule has 0 unspecified atom stereocenters. The number of thiazole rings is 1. The van der Waals surface area contributed by atoms with Crippen molar-refractivity contribution in [3.8, 4) is 16.5 Å². The largest absolute Gasteiger partial charge is 0.448 e. The number of aromatic amines is 1. The molecule has 10 nitrogen and oxygen atoms in total. The molecule has 188 valence electrons. The van der Waals surface area contributed by atoms with Crippen LogP contribution < -0.4 is 20.4 Å². The van der Waals surface area contributed by atoms with E-state index in [1.54, 1.807) is 39.4 Å². The summed E-state index contributed by atoms with van der Waals surface area (Å²) < 4.78 is 6.28. The molecule has 1 fully saturated rings. The molecule has 11 heteroatoms. The van der Waals surface area contributed by atoms with Crippen LogP contribution in [-0.4, -0.2) is 61.2 Å². The highest BCUT2D eigenvalue weighted by Gasteiger charge is 2.47. The fraction of sp³-hybridized carbons (Fsp3) is 0.360. The first kappa shape index (κ1) is 24.3. The number of benzene rings is 1. The number of ether oxygens (including phenoxy) is 1. The molecule has 6 N–H and O–H groups in total. The standard InChI is InChI=1S/C25H28N6O4S/c1-25(2,34)15-11-17(21(33)20(15)32)29-22-14(23-30-16-6-4-5-7-18(16)36-23)12-27-24(31-22)28-13-8-9-26-19(10-13)35-3/h4-10,12,15,17,20-21,32-34H,11H2,1-3H3,(H2,26,27,28,29,31)/p+1/t15-,17+,20+,21-/m0/s1. The van der Waals surface area contributed by atoms with Crippen LogP contribution in [0.25, 0.3) is 20.8 Å². The average molecular weight is 510 g/mol. The SMILES string of the molecule is COc1cc(Nc2ncc(-c3nc4ccccc4s3)c(N[C@@H]3C[C@H](C(C)(C)O)[C@@H](O)[C@H]3O)n2)cc[nH+]1. The zero-order chi connectivity index (χ0) is 25.4. The van der Waals surface area contributed by atoms with E-state index in [0.29, 0.717) is 29.6 Å². The summed E-state index contributed by atoms with van der Waals surface area (Å²) in [5, 5.41) is 39.1. The number of methoxy groups -OCH3 is 1. The Balaban J connectivity index is 1.51. The van der Waals surface area contributed by atoms with Gasteiger partial charge in [0.05, 0.1) is 52.4 Å². The molecule has 0 radical (unpaired) electrons. The van der Waals surface area contributed by atoms with Crippen molar-refractivity contribution in [2.24, 2.45) is 5.92 Å². The normalized spacial score (nSPS) is 22.1. The van der Waals surface area contributed by atoms with Crippen molar-refractivity contribution in [2.45, 2.75) is 44.1 Å². The van der Waals surface area contributed by atoms with Gasteiger partial charge in [0.1, 0.15) is 16.9 Å². The number of aromatic nitrogens is 4. The third kappa shape index (κ3) is 4.82. The van der Waals surface area contributed by atoms with E-state index in [0.717, 1.165) is 20.9 Å². The first-order chi connectivity index (χ1) is 17.2. The number of pyridine rings is 1. The maximum atomic E-state index is 10.8. The van der Waals surface area contributed by atoms with Crippen LogP contribution in [0.5, 0.6) is 5.88 Å². The van der Waals surface area contributed by atoms with Crippen molar-refractivity contribution in [3.63, 3.8) is 0 Å². The molecule has 0 amide bonds. The number of hydrogen-bond acceptors (Lipinski definition) is 10. The van der Waals surface area contributed by atoms with Crippen LogP contribution in [0.15, 0.2) is 48.8 Å². The second kappa shape index (κ2) is 9.58. The highest BCUT2D eigenvalue weighted by atomic mass is 32.1. The molecule has 1 aromatic carbocycles. The number of anilines is 3. The summed E-state index contributed by atoms with van der Waals surface area (Å²) in [6, 6.07) is 10.9. The van der Waals surface area contributed by atoms with Gasteiger partial charge in [-0.25, -0.2) is 9.97 Å². The monoisotopic (exact) mass is 509 g/mol. The van der Waals surface area contributed by atoms with Crippen molar-refractivity contribution in [2.75, 3.05) is 17.7 Å². The van der Waals surface area contributed by atoms with Crippen molar-refractivity contribution in [1.82, 2.24) is 15.0 Å². The Morgan fingerprint density at radius 1 is 1.14 bits per heavy atom. The van der Waals surface area contributed by atoms with Crippen LogP contribution in [0, 0.1) is 5.92 Å². The summed E-state index contributed by atoms with van der Waals surface area (Å²) in [6.07, 6.45) is 1.64. The maximum absolute atomic E-state index is 10.8. The predicted octanol–water partition coefficient (Wildman–Crippen LogP) is 2.61. The number of H-pyrrole nitrogens is 1. The lowest BCUT2D eigenvalue weighted by Gasteiger charge is -2.28. The van der Waals surface area contributed by atoms with E-state index in [-0.39, 0.29) is 0 Å². The lowest BCUT2D eigenvalue weighted by atomic mass is 9.88. The van der Waals surface area contributed by atoms with Crippen LogP contribution in [0.1, 0.15) is 20.3 Å². The van der Waals surface area contributed by atoms with Gasteiger partial charge in [-0.05, 0) is 32.4 Å². The molecule has 1 saturated carbocycles. The van der Waals surface area contributed by atoms with E-state index in [9.17, 15) is 15.3 Å². The van der Waals surface area contributed by atoms with Crippen LogP contribution in [0.2, 0.25) is 0 Å². The van der Waals surface area contributed by atoms with E-state index in [1.807, 2.05) is 30.3 Å². The maximum Gasteiger partial charge on any atom is 0.367 e. The number of nitrogens with zero attached hydrogens (tertiary/aromatic N) is 3. The van der Waals surface area contributed by atoms with Gasteiger partial charge in [-0.15, -0.1) is 11.3 Å². The third-order valence-electron chi connectivity index (χ3n) is 6.48. The van der Waals surface area contributed by atoms with Gasteiger partial charge in [0, 0.05) is 18.2 Å². The van der Waals surface area contributed by atoms with Crippen molar-refractivity contribution in [1.29, 1.82) is 0 Å². The summed E-state index contributed by atoms with van der Waals surface area (Å²) in [5.41, 5.74) is 1.13. The molecule has 3 aromatic heterocycles. The van der Waals surface area contributed by atoms with E-state index in [1.165, 1.54) is 11.3 Å². The van der Waals surface area contributed by atoms with Gasteiger partial charge >= 0.3 is 5.88 Å². The lowest BCUT2D eigenvalue weighted by Crippen LogP contribution is -2.40. The number of fused-ring (bicyclic) bond motifs is 1. The molecule has 4 atom stereocenters. The quantitative estimate of drug-likeness (QED) is 0.254. The molecule has 3 heterocycles. The first-order valence-electron chi connectivity index (χ1n) is 11.6. The molecule has 0 bridgehead atoms. The Labute approximate surface area is 212 Å². The minimum atomic E-state index is -1.14. The number of nitrogens with one attached hydrogen (secondary N) is 3. The van der Waals surface area contributed by atoms with E-state index in [2.05, 4.69) is 20.6 Å². The molecule has 1 aliphatic rings. The molecular formula is C25H29N6O4S+. The lowest BCUT2D eigenvalue weighted by molar-refractivity contribution is -0.392. The Morgan fingerprint density at radius 3 is 2.67 bits per heavy atom. The first-order valence-corrected chi connectivity index (χ1v) is 12.5. The van der Waals surface area contributed by atoms with Crippen molar-refractivity contribution >= 4 is 39.0 Å². The summed E-state index contributed by atoms with van der Waals surface area (Å²) in [4.78, 5) is 16.9. The van der Waals surface area contributed by atoms with Gasteiger partial charge in [-0.1, -0.05) is 12.1 Å². The number of hydrogen-bond donors (Lipinski definition) is 5. The molecule has 5 rings (SSSR count). The molecule has 36 heavy (non-hydrogen) atoms. The van der Waals surface area contributed by atoms with E-state index < -0.39 is 29.8 Å². The summed E-state index contributed by atoms with van der Waals surface area (Å²) in [7, 11) is 1.57. The molecule has 0 saturated heterocycles. The van der Waals surface area contributed by atoms with Gasteiger partial charge in [-0.3, -0.25) is 0 Å². The predicted molar refractivity (Wildman–Crippen MR) is 137 cm³/mol. The number of para-hydroxylation sites is 1. The van der Waals surface area contributed by atoms with Gasteiger partial charge in [-0.2, -0.15) is 9.97 Å². The van der Waals surface area contributed by atoms with Crippen LogP contribution in [-0.2, 0) is 0 Å². The fourth-order valence-electron chi connectivity index (χ4n) is 4.52. The Hall–Kier alpha value is -3.38. The van der Waals surface area contributed by atoms with Gasteiger partial charge in [0.15, 0.2) is 6.20 Å². The zero-order valence-corrected chi connectivity index (χ0v) is 21.0. The third-order valence-corrected chi connectivity index (χ3v) is 7.55. The minimum Gasteiger partial charge on any atom is -0.448 e. The topological polar surface area (TPSA) is 147 Å². The van der Waals surface area contributed by atoms with Crippen LogP contribution >= 0.6 is 11.3 Å². The summed E-state index contributed by atoms with van der Waals surface area (Å²) in [6.45, 7) is 3.28. The fourth-order valence-corrected chi connectivity index (χ4v) is 5.50. The highest BCUT2D eigenvalue weighted by molar-refractivity contribution is 7.21. The zero-order valence-electron chi connectivity index (χ0n) is 20.1. The molecule has 1 aliphatic carbocycles. The Morgan fingerprint density at radius 2 is 1.94 bits per heavy atom. The average Bonchev–Trinajstić information content (AvgIpc) is 3.41. The highest BCUT2D eigenvalue weighted by Crippen LogP contribution is 2.39. The summed E-state index contributed by atoms with van der Waals surface area (Å²) in [5.74, 6) is 0.880. The van der Waals surface area contributed by atoms with Gasteiger partial charge in [0.25, 0.3) is 0 Å². The number of rotatable bonds is 7. The van der Waals surface area contributed by atoms with E-state index >= 15 is 0 Å². The van der Waals surface area contributed by atoms with Crippen molar-refractivity contribution < 1.29 is 25.0 Å². The summed E-state index contributed by atoms with van der Waals surface area (Å²) >= 11 is 1.52. The minimum absolute atomic E-state index is 0.336.